The van der Waals surface area contributed by atoms with E-state index in [-0.39, 0.29) is 5.82 Å². The standard InChI is InChI=1S/C4Cl8N4/c5-2(6,7)1-13-15-16(14-1)4(11,12)3(8,9)10. The highest BCUT2D eigenvalue weighted by Crippen LogP contribution is 2.49. The zero-order valence-corrected chi connectivity index (χ0v) is 12.9. The Morgan fingerprint density at radius 3 is 1.69 bits per heavy atom. The molecule has 1 aromatic rings. The van der Waals surface area contributed by atoms with Gasteiger partial charge in [-0.15, -0.1) is 15.0 Å². The number of hydrogen-bond acceptors (Lipinski definition) is 3. The Kier molecular flexibility index (Phi) is 4.65. The second-order valence-electron chi connectivity index (χ2n) is 2.44. The molecule has 0 saturated heterocycles. The number of hydrogen-bond donors (Lipinski definition) is 0. The van der Waals surface area contributed by atoms with Gasteiger partial charge in [0.1, 0.15) is 0 Å². The molecule has 92 valence electrons. The second-order valence-corrected chi connectivity index (χ2v) is 8.29. The molecule has 16 heavy (non-hydrogen) atoms. The van der Waals surface area contributed by atoms with E-state index in [9.17, 15) is 0 Å². The number of nitrogens with zero attached hydrogens (tertiary/aromatic N) is 4. The van der Waals surface area contributed by atoms with Gasteiger partial charge in [-0.1, -0.05) is 92.8 Å². The van der Waals surface area contributed by atoms with Crippen LogP contribution in [0, 0.1) is 0 Å². The average Bonchev–Trinajstić information content (AvgIpc) is 2.47. The molecule has 0 aliphatic heterocycles. The number of halogens is 8. The summed E-state index contributed by atoms with van der Waals surface area (Å²) in [6, 6.07) is 0. The summed E-state index contributed by atoms with van der Waals surface area (Å²) >= 11 is 44.6. The van der Waals surface area contributed by atoms with Gasteiger partial charge in [0.05, 0.1) is 0 Å². The highest BCUT2D eigenvalue weighted by Gasteiger charge is 2.50. The van der Waals surface area contributed by atoms with E-state index in [4.69, 9.17) is 92.8 Å². The minimum Gasteiger partial charge on any atom is -0.129 e. The third-order valence-corrected chi connectivity index (χ3v) is 4.04. The molecule has 0 saturated carbocycles. The van der Waals surface area contributed by atoms with Crippen LogP contribution in [0.4, 0.5) is 0 Å². The first-order valence-electron chi connectivity index (χ1n) is 3.28. The lowest BCUT2D eigenvalue weighted by atomic mass is 10.7. The van der Waals surface area contributed by atoms with Crippen LogP contribution in [0.15, 0.2) is 0 Å². The van der Waals surface area contributed by atoms with Crippen LogP contribution in [0.1, 0.15) is 5.82 Å². The van der Waals surface area contributed by atoms with Crippen LogP contribution < -0.4 is 0 Å². The Labute approximate surface area is 130 Å². The van der Waals surface area contributed by atoms with Crippen LogP contribution in [0.3, 0.4) is 0 Å². The SMILES string of the molecule is ClC(Cl)(Cl)c1nnn(C(Cl)(Cl)C(Cl)(Cl)Cl)n1. The van der Waals surface area contributed by atoms with E-state index in [0.29, 0.717) is 4.80 Å². The molecule has 0 bridgehead atoms. The van der Waals surface area contributed by atoms with Gasteiger partial charge in [0.25, 0.3) is 8.25 Å². The van der Waals surface area contributed by atoms with E-state index in [2.05, 4.69) is 15.4 Å². The van der Waals surface area contributed by atoms with Crippen molar-refractivity contribution >= 4 is 92.8 Å². The molecule has 0 aliphatic carbocycles. The predicted molar refractivity (Wildman–Crippen MR) is 67.0 cm³/mol. The van der Waals surface area contributed by atoms with Crippen LogP contribution >= 0.6 is 92.8 Å². The van der Waals surface area contributed by atoms with Crippen molar-refractivity contribution in [3.63, 3.8) is 0 Å². The van der Waals surface area contributed by atoms with Gasteiger partial charge in [0.15, 0.2) is 0 Å². The fourth-order valence-electron chi connectivity index (χ4n) is 0.560. The summed E-state index contributed by atoms with van der Waals surface area (Å²) in [5.74, 6) is -0.252. The Morgan fingerprint density at radius 2 is 1.38 bits per heavy atom. The molecule has 4 nitrogen and oxygen atoms in total. The molecule has 0 amide bonds. The molecule has 1 rings (SSSR count). The van der Waals surface area contributed by atoms with Crippen molar-refractivity contribution in [1.82, 2.24) is 20.2 Å². The molecular weight excluding hydrogens is 388 g/mol. The molecule has 0 spiro atoms. The van der Waals surface area contributed by atoms with Gasteiger partial charge in [0.2, 0.25) is 9.62 Å². The van der Waals surface area contributed by atoms with Crippen molar-refractivity contribution in [3.8, 4) is 0 Å². The van der Waals surface area contributed by atoms with E-state index in [1.807, 2.05) is 0 Å². The van der Waals surface area contributed by atoms with Gasteiger partial charge in [-0.25, -0.2) is 0 Å². The van der Waals surface area contributed by atoms with Gasteiger partial charge in [0, 0.05) is 0 Å². The van der Waals surface area contributed by atoms with Crippen molar-refractivity contribution in [1.29, 1.82) is 0 Å². The molecule has 0 unspecified atom stereocenters. The smallest absolute Gasteiger partial charge is 0.129 e. The summed E-state index contributed by atoms with van der Waals surface area (Å²) in [5, 5.41) is 10.4. The summed E-state index contributed by atoms with van der Waals surface area (Å²) in [4.78, 5) is 0.625. The molecule has 0 aromatic carbocycles. The van der Waals surface area contributed by atoms with Crippen LogP contribution in [0.25, 0.3) is 0 Å². The van der Waals surface area contributed by atoms with Crippen molar-refractivity contribution in [3.05, 3.63) is 5.82 Å². The van der Waals surface area contributed by atoms with Crippen LogP contribution in [-0.4, -0.2) is 24.0 Å². The molecule has 0 radical (unpaired) electrons. The lowest BCUT2D eigenvalue weighted by molar-refractivity contribution is 0.459. The quantitative estimate of drug-likeness (QED) is 0.685. The zero-order valence-electron chi connectivity index (χ0n) is 6.81. The molecule has 1 aromatic heterocycles. The second kappa shape index (κ2) is 4.82. The first-order chi connectivity index (χ1) is 6.96. The van der Waals surface area contributed by atoms with Crippen LogP contribution in [0.5, 0.6) is 0 Å². The number of aromatic nitrogens is 4. The maximum atomic E-state index is 5.74. The van der Waals surface area contributed by atoms with Crippen molar-refractivity contribution in [2.24, 2.45) is 0 Å². The molecular formula is C4Cl8N4. The summed E-state index contributed by atoms with van der Waals surface area (Å²) in [5.41, 5.74) is 0. The Hall–Kier alpha value is 1.39. The normalized spacial score (nSPS) is 14.2. The summed E-state index contributed by atoms with van der Waals surface area (Å²) in [7, 11) is 0. The summed E-state index contributed by atoms with van der Waals surface area (Å²) in [6.07, 6.45) is 0. The number of rotatable bonds is 1. The molecule has 0 atom stereocenters. The third kappa shape index (κ3) is 3.23. The van der Waals surface area contributed by atoms with Crippen LogP contribution in [0.2, 0.25) is 0 Å². The van der Waals surface area contributed by atoms with E-state index in [0.717, 1.165) is 0 Å². The fraction of sp³-hybridized carbons (Fsp3) is 0.750. The van der Waals surface area contributed by atoms with Gasteiger partial charge >= 0.3 is 0 Å². The zero-order chi connectivity index (χ0) is 12.8. The summed E-state index contributed by atoms with van der Waals surface area (Å²) in [6.45, 7) is 0. The van der Waals surface area contributed by atoms with Crippen LogP contribution in [-0.2, 0) is 8.25 Å². The molecule has 0 fully saturated rings. The van der Waals surface area contributed by atoms with E-state index >= 15 is 0 Å². The lowest BCUT2D eigenvalue weighted by Crippen LogP contribution is -2.37. The largest absolute Gasteiger partial charge is 0.276 e. The highest BCUT2D eigenvalue weighted by molar-refractivity contribution is 6.74. The minimum atomic E-state index is -2.10. The Morgan fingerprint density at radius 1 is 0.875 bits per heavy atom. The predicted octanol–water partition coefficient (Wildman–Crippen LogP) is 3.96. The van der Waals surface area contributed by atoms with Crippen molar-refractivity contribution < 1.29 is 0 Å². The first kappa shape index (κ1) is 15.4. The Bertz CT molecular complexity index is 374. The van der Waals surface area contributed by atoms with Crippen molar-refractivity contribution in [2.45, 2.75) is 12.0 Å². The van der Waals surface area contributed by atoms with Gasteiger partial charge in [-0.3, -0.25) is 0 Å². The first-order valence-corrected chi connectivity index (χ1v) is 6.31. The van der Waals surface area contributed by atoms with Gasteiger partial charge in [-0.05, 0) is 5.21 Å². The number of tetrazole rings is 1. The maximum Gasteiger partial charge on any atom is 0.276 e. The van der Waals surface area contributed by atoms with Crippen molar-refractivity contribution in [2.75, 3.05) is 0 Å². The summed E-state index contributed by atoms with van der Waals surface area (Å²) < 4.78 is -6.06. The van der Waals surface area contributed by atoms with E-state index in [1.54, 1.807) is 0 Å². The molecule has 1 heterocycles. The van der Waals surface area contributed by atoms with E-state index < -0.39 is 12.0 Å². The fourth-order valence-corrected chi connectivity index (χ4v) is 1.16. The average molecular weight is 388 g/mol. The minimum absolute atomic E-state index is 0.252. The number of alkyl halides is 8. The van der Waals surface area contributed by atoms with Gasteiger partial charge < -0.3 is 0 Å². The monoisotopic (exact) mass is 384 g/mol. The molecule has 12 heteroatoms. The third-order valence-electron chi connectivity index (χ3n) is 1.26. The Balaban J connectivity index is 3.13. The molecule has 0 aliphatic rings. The van der Waals surface area contributed by atoms with Gasteiger partial charge in [-0.2, -0.15) is 0 Å². The maximum absolute atomic E-state index is 5.74. The lowest BCUT2D eigenvalue weighted by Gasteiger charge is -2.25. The van der Waals surface area contributed by atoms with E-state index in [1.165, 1.54) is 0 Å². The highest BCUT2D eigenvalue weighted by atomic mass is 35.6. The molecule has 0 N–H and O–H groups in total. The topological polar surface area (TPSA) is 43.6 Å².